The van der Waals surface area contributed by atoms with Crippen LogP contribution >= 0.6 is 0 Å². The average Bonchev–Trinajstić information content (AvgIpc) is 2.35. The van der Waals surface area contributed by atoms with Gasteiger partial charge >= 0.3 is 0 Å². The zero-order valence-corrected chi connectivity index (χ0v) is 12.3. The first-order chi connectivity index (χ1) is 8.79. The van der Waals surface area contributed by atoms with Gasteiger partial charge in [-0.3, -0.25) is 4.99 Å². The maximum absolute atomic E-state index is 10.3. The predicted octanol–water partition coefficient (Wildman–Crippen LogP) is 2.50. The molecule has 0 amide bonds. The standard InChI is InChI=1S/C15H23NO3/c1-10(9-17)16-8-11-6-12(19-5)7-13(14(11)18)15(2,3)4/h6-8,10,17-18H,9H2,1-5H3/t10-/m0/s1. The van der Waals surface area contributed by atoms with E-state index in [1.165, 1.54) is 0 Å². The zero-order chi connectivity index (χ0) is 14.6. The number of phenolic OH excluding ortho intramolecular Hbond substituents is 1. The monoisotopic (exact) mass is 265 g/mol. The lowest BCUT2D eigenvalue weighted by Crippen LogP contribution is -2.12. The molecule has 4 nitrogen and oxygen atoms in total. The summed E-state index contributed by atoms with van der Waals surface area (Å²) in [6.07, 6.45) is 1.58. The highest BCUT2D eigenvalue weighted by Gasteiger charge is 2.21. The van der Waals surface area contributed by atoms with Crippen molar-refractivity contribution in [3.05, 3.63) is 23.3 Å². The number of hydrogen-bond acceptors (Lipinski definition) is 4. The van der Waals surface area contributed by atoms with Crippen LogP contribution in [-0.2, 0) is 5.41 Å². The highest BCUT2D eigenvalue weighted by molar-refractivity contribution is 5.85. The third-order valence-corrected chi connectivity index (χ3v) is 2.89. The molecule has 0 heterocycles. The van der Waals surface area contributed by atoms with Crippen LogP contribution in [0.4, 0.5) is 0 Å². The van der Waals surface area contributed by atoms with Crippen molar-refractivity contribution < 1.29 is 14.9 Å². The normalized spacial score (nSPS) is 13.8. The van der Waals surface area contributed by atoms with Gasteiger partial charge in [0.05, 0.1) is 19.8 Å². The van der Waals surface area contributed by atoms with Crippen LogP contribution in [-0.4, -0.2) is 36.2 Å². The largest absolute Gasteiger partial charge is 0.507 e. The number of nitrogens with zero attached hydrogens (tertiary/aromatic N) is 1. The number of aliphatic hydroxyl groups excluding tert-OH is 1. The van der Waals surface area contributed by atoms with Crippen molar-refractivity contribution in [3.63, 3.8) is 0 Å². The number of aromatic hydroxyl groups is 1. The van der Waals surface area contributed by atoms with Crippen molar-refractivity contribution in [2.45, 2.75) is 39.2 Å². The Labute approximate surface area is 114 Å². The molecule has 0 aliphatic heterocycles. The number of benzene rings is 1. The average molecular weight is 265 g/mol. The summed E-state index contributed by atoms with van der Waals surface area (Å²) in [5.74, 6) is 0.892. The molecule has 2 N–H and O–H groups in total. The Morgan fingerprint density at radius 2 is 2.00 bits per heavy atom. The molecule has 0 spiro atoms. The number of phenols is 1. The number of aliphatic hydroxyl groups is 1. The highest BCUT2D eigenvalue weighted by Crippen LogP contribution is 2.36. The molecule has 1 aromatic carbocycles. The summed E-state index contributed by atoms with van der Waals surface area (Å²) in [5, 5.41) is 19.3. The Morgan fingerprint density at radius 1 is 1.37 bits per heavy atom. The van der Waals surface area contributed by atoms with Crippen LogP contribution in [0.2, 0.25) is 0 Å². The van der Waals surface area contributed by atoms with E-state index in [4.69, 9.17) is 9.84 Å². The van der Waals surface area contributed by atoms with Gasteiger partial charge in [-0.2, -0.15) is 0 Å². The Bertz CT molecular complexity index is 461. The van der Waals surface area contributed by atoms with Gasteiger partial charge in [-0.05, 0) is 24.5 Å². The molecule has 106 valence electrons. The summed E-state index contributed by atoms with van der Waals surface area (Å²) in [4.78, 5) is 4.18. The Morgan fingerprint density at radius 3 is 2.47 bits per heavy atom. The van der Waals surface area contributed by atoms with E-state index < -0.39 is 0 Å². The predicted molar refractivity (Wildman–Crippen MR) is 77.5 cm³/mol. The van der Waals surface area contributed by atoms with E-state index in [0.29, 0.717) is 11.3 Å². The van der Waals surface area contributed by atoms with Gasteiger partial charge < -0.3 is 14.9 Å². The lowest BCUT2D eigenvalue weighted by atomic mass is 9.85. The van der Waals surface area contributed by atoms with Crippen molar-refractivity contribution in [1.29, 1.82) is 0 Å². The lowest BCUT2D eigenvalue weighted by Gasteiger charge is -2.22. The molecule has 1 rings (SSSR count). The van der Waals surface area contributed by atoms with Crippen LogP contribution in [0.15, 0.2) is 17.1 Å². The van der Waals surface area contributed by atoms with Crippen LogP contribution < -0.4 is 4.74 Å². The van der Waals surface area contributed by atoms with Gasteiger partial charge in [-0.25, -0.2) is 0 Å². The van der Waals surface area contributed by atoms with Crippen LogP contribution in [0, 0.1) is 0 Å². The number of methoxy groups -OCH3 is 1. The van der Waals surface area contributed by atoms with Crippen LogP contribution in [0.1, 0.15) is 38.8 Å². The van der Waals surface area contributed by atoms with Gasteiger partial charge in [0.15, 0.2) is 0 Å². The molecular formula is C15H23NO3. The lowest BCUT2D eigenvalue weighted by molar-refractivity contribution is 0.275. The molecule has 1 atom stereocenters. The van der Waals surface area contributed by atoms with Gasteiger partial charge in [0.2, 0.25) is 0 Å². The first-order valence-corrected chi connectivity index (χ1v) is 6.35. The molecule has 0 aromatic heterocycles. The molecule has 0 saturated heterocycles. The van der Waals surface area contributed by atoms with Crippen LogP contribution in [0.5, 0.6) is 11.5 Å². The van der Waals surface area contributed by atoms with E-state index >= 15 is 0 Å². The molecule has 0 saturated carbocycles. The van der Waals surface area contributed by atoms with Crippen molar-refractivity contribution in [2.24, 2.45) is 4.99 Å². The quantitative estimate of drug-likeness (QED) is 0.822. The van der Waals surface area contributed by atoms with E-state index in [0.717, 1.165) is 5.56 Å². The van der Waals surface area contributed by atoms with E-state index in [2.05, 4.69) is 4.99 Å². The Kier molecular flexibility index (Phi) is 4.95. The fraction of sp³-hybridized carbons (Fsp3) is 0.533. The summed E-state index contributed by atoms with van der Waals surface area (Å²) in [5.41, 5.74) is 1.22. The van der Waals surface area contributed by atoms with Crippen molar-refractivity contribution in [1.82, 2.24) is 0 Å². The van der Waals surface area contributed by atoms with Crippen LogP contribution in [0.25, 0.3) is 0 Å². The Hall–Kier alpha value is -1.55. The first-order valence-electron chi connectivity index (χ1n) is 6.35. The maximum atomic E-state index is 10.3. The summed E-state index contributed by atoms with van der Waals surface area (Å²) in [6.45, 7) is 7.86. The molecule has 0 radical (unpaired) electrons. The van der Waals surface area contributed by atoms with Crippen molar-refractivity contribution >= 4 is 6.21 Å². The number of aliphatic imine (C=N–C) groups is 1. The number of ether oxygens (including phenoxy) is 1. The summed E-state index contributed by atoms with van der Waals surface area (Å²) in [7, 11) is 1.59. The van der Waals surface area contributed by atoms with E-state index in [1.54, 1.807) is 26.3 Å². The van der Waals surface area contributed by atoms with Crippen molar-refractivity contribution in [3.8, 4) is 11.5 Å². The number of hydrogen-bond donors (Lipinski definition) is 2. The second kappa shape index (κ2) is 6.06. The van der Waals surface area contributed by atoms with Crippen molar-refractivity contribution in [2.75, 3.05) is 13.7 Å². The molecule has 0 fully saturated rings. The minimum absolute atomic E-state index is 0.0205. The minimum atomic E-state index is -0.191. The third kappa shape index (κ3) is 3.96. The zero-order valence-electron chi connectivity index (χ0n) is 12.3. The Balaban J connectivity index is 3.28. The SMILES string of the molecule is COc1cc(C=N[C@@H](C)CO)c(O)c(C(C)(C)C)c1. The van der Waals surface area contributed by atoms with Gasteiger partial charge in [-0.1, -0.05) is 20.8 Å². The molecule has 4 heteroatoms. The van der Waals surface area contributed by atoms with Gasteiger partial charge in [-0.15, -0.1) is 0 Å². The molecule has 0 aliphatic rings. The second-order valence-electron chi connectivity index (χ2n) is 5.67. The van der Waals surface area contributed by atoms with E-state index in [1.807, 2.05) is 26.8 Å². The fourth-order valence-corrected chi connectivity index (χ4v) is 1.67. The molecule has 19 heavy (non-hydrogen) atoms. The summed E-state index contributed by atoms with van der Waals surface area (Å²) < 4.78 is 5.26. The van der Waals surface area contributed by atoms with Crippen LogP contribution in [0.3, 0.4) is 0 Å². The minimum Gasteiger partial charge on any atom is -0.507 e. The summed E-state index contributed by atoms with van der Waals surface area (Å²) >= 11 is 0. The molecule has 1 aromatic rings. The first kappa shape index (κ1) is 15.5. The third-order valence-electron chi connectivity index (χ3n) is 2.89. The second-order valence-corrected chi connectivity index (χ2v) is 5.67. The molecule has 0 aliphatic carbocycles. The number of rotatable bonds is 4. The molecule has 0 unspecified atom stereocenters. The van der Waals surface area contributed by atoms with Gasteiger partial charge in [0, 0.05) is 17.3 Å². The fourth-order valence-electron chi connectivity index (χ4n) is 1.67. The van der Waals surface area contributed by atoms with Gasteiger partial charge in [0.25, 0.3) is 0 Å². The maximum Gasteiger partial charge on any atom is 0.128 e. The highest BCUT2D eigenvalue weighted by atomic mass is 16.5. The molecule has 0 bridgehead atoms. The van der Waals surface area contributed by atoms with E-state index in [9.17, 15) is 5.11 Å². The summed E-state index contributed by atoms with van der Waals surface area (Å²) in [6, 6.07) is 3.38. The molecular weight excluding hydrogens is 242 g/mol. The van der Waals surface area contributed by atoms with E-state index in [-0.39, 0.29) is 23.8 Å². The topological polar surface area (TPSA) is 62.0 Å². The smallest absolute Gasteiger partial charge is 0.128 e. The van der Waals surface area contributed by atoms with Gasteiger partial charge in [0.1, 0.15) is 11.5 Å².